The summed E-state index contributed by atoms with van der Waals surface area (Å²) in [4.78, 5) is 2.74. The maximum Gasteiger partial charge on any atom is 0.0296 e. The molecule has 0 unspecified atom stereocenters. The number of hydrogen-bond donors (Lipinski definition) is 0. The quantitative estimate of drug-likeness (QED) is 0.611. The lowest BCUT2D eigenvalue weighted by atomic mass is 9.95. The van der Waals surface area contributed by atoms with Crippen LogP contribution in [0.1, 0.15) is 37.4 Å². The van der Waals surface area contributed by atoms with Crippen LogP contribution in [-0.4, -0.2) is 0 Å². The lowest BCUT2D eigenvalue weighted by Crippen LogP contribution is -2.07. The smallest absolute Gasteiger partial charge is 0.0296 e. The summed E-state index contributed by atoms with van der Waals surface area (Å²) in [5.41, 5.74) is 1.44. The molecule has 1 aromatic heterocycles. The lowest BCUT2D eigenvalue weighted by molar-refractivity contribution is 0.604. The first kappa shape index (κ1) is 9.53. The summed E-state index contributed by atoms with van der Waals surface area (Å²) < 4.78 is 0. The molecule has 0 aromatic carbocycles. The van der Waals surface area contributed by atoms with Gasteiger partial charge in [0.15, 0.2) is 0 Å². The van der Waals surface area contributed by atoms with Crippen molar-refractivity contribution in [1.29, 1.82) is 0 Å². The van der Waals surface area contributed by atoms with Crippen molar-refractivity contribution in [2.24, 2.45) is 0 Å². The van der Waals surface area contributed by atoms with Crippen LogP contribution in [0.25, 0.3) is 5.57 Å². The minimum atomic E-state index is 0.276. The van der Waals surface area contributed by atoms with Crippen LogP contribution in [0.2, 0.25) is 0 Å². The van der Waals surface area contributed by atoms with Crippen molar-refractivity contribution < 1.29 is 0 Å². The first-order valence-corrected chi connectivity index (χ1v) is 4.99. The Hall–Kier alpha value is -0.560. The highest BCUT2D eigenvalue weighted by molar-refractivity contribution is 7.13. The van der Waals surface area contributed by atoms with Gasteiger partial charge in [-0.05, 0) is 30.0 Å². The number of rotatable bonds is 1. The van der Waals surface area contributed by atoms with Crippen LogP contribution < -0.4 is 0 Å². The van der Waals surface area contributed by atoms with Gasteiger partial charge >= 0.3 is 0 Å². The molecule has 0 aliphatic carbocycles. The normalized spacial score (nSPS) is 11.7. The molecule has 1 heterocycles. The van der Waals surface area contributed by atoms with Crippen molar-refractivity contribution in [1.82, 2.24) is 0 Å². The Balaban J connectivity index is 3.00. The first-order chi connectivity index (χ1) is 5.41. The van der Waals surface area contributed by atoms with Crippen LogP contribution >= 0.6 is 11.3 Å². The third kappa shape index (κ3) is 1.98. The van der Waals surface area contributed by atoms with Gasteiger partial charge in [-0.15, -0.1) is 11.3 Å². The van der Waals surface area contributed by atoms with Gasteiger partial charge in [0.05, 0.1) is 0 Å². The van der Waals surface area contributed by atoms with E-state index in [2.05, 4.69) is 46.4 Å². The molecule has 66 valence electrons. The highest BCUT2D eigenvalue weighted by atomic mass is 32.1. The zero-order valence-corrected chi connectivity index (χ0v) is 9.09. The summed E-state index contributed by atoms with van der Waals surface area (Å²) in [6, 6.07) is 4.36. The maximum absolute atomic E-state index is 3.93. The van der Waals surface area contributed by atoms with E-state index in [0.29, 0.717) is 0 Å². The molecule has 0 fully saturated rings. The summed E-state index contributed by atoms with van der Waals surface area (Å²) >= 11 is 1.85. The Morgan fingerprint density at radius 2 is 1.92 bits per heavy atom. The van der Waals surface area contributed by atoms with E-state index in [-0.39, 0.29) is 5.41 Å². The van der Waals surface area contributed by atoms with Gasteiger partial charge in [-0.25, -0.2) is 0 Å². The average Bonchev–Trinajstić information content (AvgIpc) is 2.30. The number of allylic oxidation sites excluding steroid dienone is 1. The Bertz CT molecular complexity index is 286. The van der Waals surface area contributed by atoms with Gasteiger partial charge in [-0.1, -0.05) is 27.4 Å². The third-order valence-corrected chi connectivity index (χ3v) is 3.44. The standard InChI is InChI=1S/C11H16S/c1-8(2)9-6-7-10(12-9)11(3,4)5/h6-7H,1H2,2-5H3. The van der Waals surface area contributed by atoms with Crippen LogP contribution in [0.5, 0.6) is 0 Å². The van der Waals surface area contributed by atoms with E-state index >= 15 is 0 Å². The highest BCUT2D eigenvalue weighted by Gasteiger charge is 2.15. The molecule has 1 rings (SSSR count). The minimum absolute atomic E-state index is 0.276. The fourth-order valence-electron chi connectivity index (χ4n) is 0.970. The topological polar surface area (TPSA) is 0 Å². The van der Waals surface area contributed by atoms with Gasteiger partial charge in [-0.2, -0.15) is 0 Å². The molecule has 0 amide bonds. The molecule has 0 aliphatic rings. The van der Waals surface area contributed by atoms with E-state index in [0.717, 1.165) is 5.57 Å². The Morgan fingerprint density at radius 3 is 2.17 bits per heavy atom. The molecule has 1 heteroatoms. The van der Waals surface area contributed by atoms with Crippen molar-refractivity contribution in [3.05, 3.63) is 28.5 Å². The van der Waals surface area contributed by atoms with Gasteiger partial charge in [0.2, 0.25) is 0 Å². The predicted molar refractivity (Wildman–Crippen MR) is 57.7 cm³/mol. The number of hydrogen-bond acceptors (Lipinski definition) is 1. The molecule has 0 N–H and O–H groups in total. The zero-order valence-electron chi connectivity index (χ0n) is 8.27. The van der Waals surface area contributed by atoms with E-state index < -0.39 is 0 Å². The Labute approximate surface area is 78.9 Å². The second-order valence-electron chi connectivity index (χ2n) is 4.19. The van der Waals surface area contributed by atoms with Crippen LogP contribution in [-0.2, 0) is 5.41 Å². The molecule has 0 saturated carbocycles. The van der Waals surface area contributed by atoms with Gasteiger partial charge in [0.1, 0.15) is 0 Å². The van der Waals surface area contributed by atoms with Gasteiger partial charge in [0.25, 0.3) is 0 Å². The Kier molecular flexibility index (Phi) is 2.43. The van der Waals surface area contributed by atoms with E-state index in [1.165, 1.54) is 9.75 Å². The van der Waals surface area contributed by atoms with Gasteiger partial charge in [0, 0.05) is 9.75 Å². The molecule has 0 saturated heterocycles. The molecular formula is C11H16S. The van der Waals surface area contributed by atoms with E-state index in [1.54, 1.807) is 0 Å². The Morgan fingerprint density at radius 1 is 1.33 bits per heavy atom. The van der Waals surface area contributed by atoms with Crippen molar-refractivity contribution in [2.75, 3.05) is 0 Å². The van der Waals surface area contributed by atoms with Crippen LogP contribution in [0.4, 0.5) is 0 Å². The highest BCUT2D eigenvalue weighted by Crippen LogP contribution is 2.31. The molecule has 0 atom stereocenters. The SMILES string of the molecule is C=C(C)c1ccc(C(C)(C)C)s1. The summed E-state index contributed by atoms with van der Waals surface area (Å²) in [6.07, 6.45) is 0. The molecule has 0 aliphatic heterocycles. The fourth-order valence-corrected chi connectivity index (χ4v) is 1.96. The van der Waals surface area contributed by atoms with Gasteiger partial charge in [-0.3, -0.25) is 0 Å². The molecule has 1 aromatic rings. The summed E-state index contributed by atoms with van der Waals surface area (Å²) in [5.74, 6) is 0. The molecular weight excluding hydrogens is 164 g/mol. The average molecular weight is 180 g/mol. The van der Waals surface area contributed by atoms with Crippen molar-refractivity contribution in [3.8, 4) is 0 Å². The predicted octanol–water partition coefficient (Wildman–Crippen LogP) is 4.08. The first-order valence-electron chi connectivity index (χ1n) is 4.17. The molecule has 0 spiro atoms. The second-order valence-corrected chi connectivity index (χ2v) is 5.28. The van der Waals surface area contributed by atoms with Crippen LogP contribution in [0, 0.1) is 0 Å². The largest absolute Gasteiger partial charge is 0.140 e. The lowest BCUT2D eigenvalue weighted by Gasteiger charge is -2.15. The summed E-state index contributed by atoms with van der Waals surface area (Å²) in [7, 11) is 0. The van der Waals surface area contributed by atoms with Crippen LogP contribution in [0.3, 0.4) is 0 Å². The van der Waals surface area contributed by atoms with Crippen LogP contribution in [0.15, 0.2) is 18.7 Å². The molecule has 0 bridgehead atoms. The summed E-state index contributed by atoms with van der Waals surface area (Å²) in [5, 5.41) is 0. The van der Waals surface area contributed by atoms with Crippen molar-refractivity contribution >= 4 is 16.9 Å². The van der Waals surface area contributed by atoms with Gasteiger partial charge < -0.3 is 0 Å². The monoisotopic (exact) mass is 180 g/mol. The van der Waals surface area contributed by atoms with E-state index in [1.807, 2.05) is 11.3 Å². The van der Waals surface area contributed by atoms with E-state index in [4.69, 9.17) is 0 Å². The zero-order chi connectivity index (χ0) is 9.35. The maximum atomic E-state index is 3.93. The molecule has 0 radical (unpaired) electrons. The van der Waals surface area contributed by atoms with Crippen molar-refractivity contribution in [2.45, 2.75) is 33.1 Å². The van der Waals surface area contributed by atoms with Crippen molar-refractivity contribution in [3.63, 3.8) is 0 Å². The second kappa shape index (κ2) is 3.06. The minimum Gasteiger partial charge on any atom is -0.140 e. The fraction of sp³-hybridized carbons (Fsp3) is 0.455. The number of thiophene rings is 1. The van der Waals surface area contributed by atoms with E-state index in [9.17, 15) is 0 Å². The third-order valence-electron chi connectivity index (χ3n) is 1.77. The molecule has 12 heavy (non-hydrogen) atoms. The summed E-state index contributed by atoms with van der Waals surface area (Å²) in [6.45, 7) is 12.7. The molecule has 0 nitrogen and oxygen atoms in total.